The van der Waals surface area contributed by atoms with Gasteiger partial charge in [-0.05, 0) is 35.8 Å². The Morgan fingerprint density at radius 1 is 1.50 bits per heavy atom. The molecule has 0 saturated carbocycles. The Hall–Kier alpha value is -1.77. The minimum Gasteiger partial charge on any atom is -0.478 e. The van der Waals surface area contributed by atoms with Crippen LogP contribution < -0.4 is 5.32 Å². The highest BCUT2D eigenvalue weighted by Crippen LogP contribution is 2.23. The van der Waals surface area contributed by atoms with Crippen LogP contribution in [0, 0.1) is 0 Å². The number of hydrogen-bond donors (Lipinski definition) is 2. The monoisotopic (exact) mass is 189 g/mol. The standard InChI is InChI=1S/C11H11NO2/c13-11(14)4-2-8-1-3-10-9(7-8)5-6-12-10/h1-4,7,12H,5-6H2,(H,13,14). The van der Waals surface area contributed by atoms with Gasteiger partial charge in [0.25, 0.3) is 0 Å². The van der Waals surface area contributed by atoms with E-state index >= 15 is 0 Å². The lowest BCUT2D eigenvalue weighted by Gasteiger charge is -1.99. The zero-order valence-corrected chi connectivity index (χ0v) is 7.66. The van der Waals surface area contributed by atoms with E-state index in [-0.39, 0.29) is 0 Å². The van der Waals surface area contributed by atoms with E-state index in [4.69, 9.17) is 5.11 Å². The molecule has 2 rings (SSSR count). The Balaban J connectivity index is 2.25. The zero-order chi connectivity index (χ0) is 9.97. The van der Waals surface area contributed by atoms with Crippen LogP contribution in [0.5, 0.6) is 0 Å². The SMILES string of the molecule is O=C(O)C=Cc1ccc2c(c1)CCN2. The van der Waals surface area contributed by atoms with E-state index in [0.717, 1.165) is 30.3 Å². The molecule has 0 bridgehead atoms. The molecule has 0 atom stereocenters. The van der Waals surface area contributed by atoms with Gasteiger partial charge >= 0.3 is 5.97 Å². The number of carboxylic acid groups (broad SMARTS) is 1. The van der Waals surface area contributed by atoms with Crippen molar-refractivity contribution in [1.82, 2.24) is 0 Å². The van der Waals surface area contributed by atoms with Crippen molar-refractivity contribution in [2.75, 3.05) is 11.9 Å². The summed E-state index contributed by atoms with van der Waals surface area (Å²) >= 11 is 0. The highest BCUT2D eigenvalue weighted by atomic mass is 16.4. The first-order chi connectivity index (χ1) is 6.75. The molecule has 0 aromatic heterocycles. The molecule has 0 fully saturated rings. The number of anilines is 1. The Morgan fingerprint density at radius 2 is 2.36 bits per heavy atom. The molecule has 14 heavy (non-hydrogen) atoms. The average Bonchev–Trinajstić information content (AvgIpc) is 2.61. The van der Waals surface area contributed by atoms with E-state index in [9.17, 15) is 4.79 Å². The molecule has 3 nitrogen and oxygen atoms in total. The first-order valence-corrected chi connectivity index (χ1v) is 4.53. The van der Waals surface area contributed by atoms with E-state index in [1.54, 1.807) is 6.08 Å². The minimum absolute atomic E-state index is 0.913. The van der Waals surface area contributed by atoms with Crippen molar-refractivity contribution in [2.45, 2.75) is 6.42 Å². The molecule has 1 aromatic rings. The lowest BCUT2D eigenvalue weighted by Crippen LogP contribution is -1.90. The maximum absolute atomic E-state index is 10.3. The number of nitrogens with one attached hydrogen (secondary N) is 1. The third-order valence-electron chi connectivity index (χ3n) is 2.26. The molecule has 0 amide bonds. The summed E-state index contributed by atoms with van der Waals surface area (Å²) in [4.78, 5) is 10.3. The van der Waals surface area contributed by atoms with Crippen LogP contribution >= 0.6 is 0 Å². The summed E-state index contributed by atoms with van der Waals surface area (Å²) < 4.78 is 0. The maximum Gasteiger partial charge on any atom is 0.328 e. The fourth-order valence-corrected chi connectivity index (χ4v) is 1.60. The summed E-state index contributed by atoms with van der Waals surface area (Å²) in [5.74, 6) is -0.913. The number of benzene rings is 1. The van der Waals surface area contributed by atoms with E-state index in [2.05, 4.69) is 5.32 Å². The second kappa shape index (κ2) is 3.54. The summed E-state index contributed by atoms with van der Waals surface area (Å²) in [6.07, 6.45) is 3.79. The van der Waals surface area contributed by atoms with Gasteiger partial charge in [-0.1, -0.05) is 6.07 Å². The van der Waals surface area contributed by atoms with Gasteiger partial charge in [-0.25, -0.2) is 4.79 Å². The molecule has 0 radical (unpaired) electrons. The van der Waals surface area contributed by atoms with Crippen molar-refractivity contribution in [2.24, 2.45) is 0 Å². The van der Waals surface area contributed by atoms with Gasteiger partial charge in [-0.2, -0.15) is 0 Å². The Bertz CT molecular complexity index is 396. The van der Waals surface area contributed by atoms with Crippen molar-refractivity contribution < 1.29 is 9.90 Å². The Kier molecular flexibility index (Phi) is 2.23. The molecule has 0 saturated heterocycles. The normalized spacial score (nSPS) is 14.0. The fourth-order valence-electron chi connectivity index (χ4n) is 1.60. The van der Waals surface area contributed by atoms with Gasteiger partial charge in [0, 0.05) is 18.3 Å². The van der Waals surface area contributed by atoms with Crippen molar-refractivity contribution >= 4 is 17.7 Å². The third-order valence-corrected chi connectivity index (χ3v) is 2.26. The van der Waals surface area contributed by atoms with Crippen molar-refractivity contribution in [3.8, 4) is 0 Å². The lowest BCUT2D eigenvalue weighted by atomic mass is 10.1. The smallest absolute Gasteiger partial charge is 0.328 e. The zero-order valence-electron chi connectivity index (χ0n) is 7.66. The van der Waals surface area contributed by atoms with Gasteiger partial charge < -0.3 is 10.4 Å². The predicted molar refractivity (Wildman–Crippen MR) is 55.3 cm³/mol. The van der Waals surface area contributed by atoms with Gasteiger partial charge in [0.2, 0.25) is 0 Å². The van der Waals surface area contributed by atoms with Gasteiger partial charge in [0.1, 0.15) is 0 Å². The third kappa shape index (κ3) is 1.76. The van der Waals surface area contributed by atoms with Crippen LogP contribution in [0.4, 0.5) is 5.69 Å². The average molecular weight is 189 g/mol. The number of rotatable bonds is 2. The minimum atomic E-state index is -0.913. The molecule has 0 spiro atoms. The number of carbonyl (C=O) groups is 1. The molecular weight excluding hydrogens is 178 g/mol. The summed E-state index contributed by atoms with van der Waals surface area (Å²) in [5, 5.41) is 11.7. The highest BCUT2D eigenvalue weighted by molar-refractivity contribution is 5.85. The lowest BCUT2D eigenvalue weighted by molar-refractivity contribution is -0.131. The molecule has 1 aromatic carbocycles. The summed E-state index contributed by atoms with van der Waals surface area (Å²) in [6, 6.07) is 5.93. The van der Waals surface area contributed by atoms with Crippen LogP contribution in [-0.2, 0) is 11.2 Å². The fraction of sp³-hybridized carbons (Fsp3) is 0.182. The van der Waals surface area contributed by atoms with Gasteiger partial charge in [-0.15, -0.1) is 0 Å². The molecule has 3 heteroatoms. The van der Waals surface area contributed by atoms with Crippen LogP contribution in [0.25, 0.3) is 6.08 Å². The Labute approximate surface area is 82.1 Å². The highest BCUT2D eigenvalue weighted by Gasteiger charge is 2.08. The first-order valence-electron chi connectivity index (χ1n) is 4.53. The Morgan fingerprint density at radius 3 is 3.14 bits per heavy atom. The predicted octanol–water partition coefficient (Wildman–Crippen LogP) is 1.75. The molecule has 2 N–H and O–H groups in total. The molecule has 0 unspecified atom stereocenters. The molecule has 0 aliphatic carbocycles. The summed E-state index contributed by atoms with van der Waals surface area (Å²) in [6.45, 7) is 0.974. The van der Waals surface area contributed by atoms with Crippen LogP contribution in [0.15, 0.2) is 24.3 Å². The van der Waals surface area contributed by atoms with Crippen LogP contribution in [0.2, 0.25) is 0 Å². The largest absolute Gasteiger partial charge is 0.478 e. The molecule has 1 aliphatic rings. The van der Waals surface area contributed by atoms with Crippen molar-refractivity contribution in [3.63, 3.8) is 0 Å². The van der Waals surface area contributed by atoms with E-state index in [0.29, 0.717) is 0 Å². The topological polar surface area (TPSA) is 49.3 Å². The summed E-state index contributed by atoms with van der Waals surface area (Å²) in [7, 11) is 0. The van der Waals surface area contributed by atoms with E-state index < -0.39 is 5.97 Å². The number of carboxylic acids is 1. The van der Waals surface area contributed by atoms with Crippen molar-refractivity contribution in [3.05, 3.63) is 35.4 Å². The molecule has 1 aliphatic heterocycles. The van der Waals surface area contributed by atoms with Crippen LogP contribution in [-0.4, -0.2) is 17.6 Å². The van der Waals surface area contributed by atoms with E-state index in [1.165, 1.54) is 5.56 Å². The van der Waals surface area contributed by atoms with Gasteiger partial charge in [0.05, 0.1) is 0 Å². The van der Waals surface area contributed by atoms with Gasteiger partial charge in [-0.3, -0.25) is 0 Å². The number of hydrogen-bond acceptors (Lipinski definition) is 2. The number of aliphatic carboxylic acids is 1. The molecular formula is C11H11NO2. The maximum atomic E-state index is 10.3. The second-order valence-corrected chi connectivity index (χ2v) is 3.26. The number of fused-ring (bicyclic) bond motifs is 1. The second-order valence-electron chi connectivity index (χ2n) is 3.26. The quantitative estimate of drug-likeness (QED) is 0.697. The molecule has 1 heterocycles. The van der Waals surface area contributed by atoms with Crippen LogP contribution in [0.3, 0.4) is 0 Å². The summed E-state index contributed by atoms with van der Waals surface area (Å²) in [5.41, 5.74) is 3.37. The van der Waals surface area contributed by atoms with Crippen LogP contribution in [0.1, 0.15) is 11.1 Å². The van der Waals surface area contributed by atoms with Crippen molar-refractivity contribution in [1.29, 1.82) is 0 Å². The van der Waals surface area contributed by atoms with E-state index in [1.807, 2.05) is 18.2 Å². The molecule has 72 valence electrons. The first kappa shape index (κ1) is 8.81. The van der Waals surface area contributed by atoms with Gasteiger partial charge in [0.15, 0.2) is 0 Å².